The molecule has 0 rings (SSSR count). The SMILES string of the molecule is CCCC(=O)OC(C)C(Cl)=C(Cl)Cl. The van der Waals surface area contributed by atoms with Crippen molar-refractivity contribution in [2.24, 2.45) is 0 Å². The average molecular weight is 246 g/mol. The summed E-state index contributed by atoms with van der Waals surface area (Å²) in [4.78, 5) is 11.0. The van der Waals surface area contributed by atoms with Crippen LogP contribution in [0.25, 0.3) is 0 Å². The van der Waals surface area contributed by atoms with Crippen LogP contribution in [0.1, 0.15) is 26.7 Å². The van der Waals surface area contributed by atoms with Crippen LogP contribution in [-0.2, 0) is 9.53 Å². The molecule has 0 aromatic heterocycles. The quantitative estimate of drug-likeness (QED) is 0.707. The second kappa shape index (κ2) is 6.52. The van der Waals surface area contributed by atoms with E-state index in [1.54, 1.807) is 6.92 Å². The maximum Gasteiger partial charge on any atom is 0.306 e. The van der Waals surface area contributed by atoms with Crippen LogP contribution in [0.4, 0.5) is 0 Å². The first-order chi connectivity index (χ1) is 5.99. The molecule has 0 aliphatic carbocycles. The summed E-state index contributed by atoms with van der Waals surface area (Å²) in [6, 6.07) is 0. The van der Waals surface area contributed by atoms with E-state index in [1.165, 1.54) is 0 Å². The van der Waals surface area contributed by atoms with Gasteiger partial charge in [-0.05, 0) is 13.3 Å². The van der Waals surface area contributed by atoms with E-state index in [0.29, 0.717) is 6.42 Å². The van der Waals surface area contributed by atoms with Crippen molar-refractivity contribution in [1.82, 2.24) is 0 Å². The van der Waals surface area contributed by atoms with Crippen LogP contribution in [0, 0.1) is 0 Å². The van der Waals surface area contributed by atoms with Gasteiger partial charge in [-0.15, -0.1) is 0 Å². The van der Waals surface area contributed by atoms with E-state index in [4.69, 9.17) is 39.5 Å². The highest BCUT2D eigenvalue weighted by atomic mass is 35.5. The number of carbonyl (C=O) groups excluding carboxylic acids is 1. The van der Waals surface area contributed by atoms with Gasteiger partial charge < -0.3 is 4.74 Å². The predicted molar refractivity (Wildman–Crippen MR) is 55.0 cm³/mol. The Bertz CT molecular complexity index is 209. The van der Waals surface area contributed by atoms with Crippen LogP contribution in [0.15, 0.2) is 9.52 Å². The summed E-state index contributed by atoms with van der Waals surface area (Å²) in [5.74, 6) is -0.303. The molecule has 5 heteroatoms. The molecule has 0 heterocycles. The van der Waals surface area contributed by atoms with Gasteiger partial charge in [-0.3, -0.25) is 4.79 Å². The molecule has 13 heavy (non-hydrogen) atoms. The summed E-state index contributed by atoms with van der Waals surface area (Å²) >= 11 is 16.5. The molecule has 0 N–H and O–H groups in total. The van der Waals surface area contributed by atoms with Crippen molar-refractivity contribution in [3.05, 3.63) is 9.52 Å². The van der Waals surface area contributed by atoms with Crippen molar-refractivity contribution in [2.75, 3.05) is 0 Å². The van der Waals surface area contributed by atoms with Gasteiger partial charge in [0.25, 0.3) is 0 Å². The summed E-state index contributed by atoms with van der Waals surface area (Å²) in [6.45, 7) is 3.50. The largest absolute Gasteiger partial charge is 0.457 e. The van der Waals surface area contributed by atoms with Crippen LogP contribution >= 0.6 is 34.8 Å². The highest BCUT2D eigenvalue weighted by Gasteiger charge is 2.14. The van der Waals surface area contributed by atoms with E-state index in [-0.39, 0.29) is 15.5 Å². The fourth-order valence-electron chi connectivity index (χ4n) is 0.666. The second-order valence-corrected chi connectivity index (χ2v) is 3.85. The van der Waals surface area contributed by atoms with Crippen molar-refractivity contribution >= 4 is 40.8 Å². The van der Waals surface area contributed by atoms with Gasteiger partial charge in [0.2, 0.25) is 0 Å². The highest BCUT2D eigenvalue weighted by molar-refractivity contribution is 6.59. The lowest BCUT2D eigenvalue weighted by molar-refractivity contribution is -0.146. The van der Waals surface area contributed by atoms with Gasteiger partial charge in [0.1, 0.15) is 10.6 Å². The van der Waals surface area contributed by atoms with Crippen molar-refractivity contribution in [2.45, 2.75) is 32.8 Å². The first-order valence-corrected chi connectivity index (χ1v) is 5.02. The maximum atomic E-state index is 11.0. The molecule has 1 unspecified atom stereocenters. The number of esters is 1. The third-order valence-electron chi connectivity index (χ3n) is 1.30. The van der Waals surface area contributed by atoms with Crippen LogP contribution in [-0.4, -0.2) is 12.1 Å². The Balaban J connectivity index is 4.08. The number of rotatable bonds is 4. The smallest absolute Gasteiger partial charge is 0.306 e. The lowest BCUT2D eigenvalue weighted by Crippen LogP contribution is -2.14. The van der Waals surface area contributed by atoms with E-state index >= 15 is 0 Å². The van der Waals surface area contributed by atoms with E-state index in [0.717, 1.165) is 6.42 Å². The number of ether oxygens (including phenoxy) is 1. The topological polar surface area (TPSA) is 26.3 Å². The molecule has 0 spiro atoms. The minimum atomic E-state index is -0.578. The van der Waals surface area contributed by atoms with E-state index in [9.17, 15) is 4.79 Å². The molecule has 0 fully saturated rings. The first kappa shape index (κ1) is 13.1. The van der Waals surface area contributed by atoms with Gasteiger partial charge in [0.05, 0.1) is 5.03 Å². The molecule has 1 atom stereocenters. The molecule has 0 aliphatic heterocycles. The molecule has 0 aromatic rings. The summed E-state index contributed by atoms with van der Waals surface area (Å²) in [7, 11) is 0. The molecule has 2 nitrogen and oxygen atoms in total. The Morgan fingerprint density at radius 2 is 1.92 bits per heavy atom. The van der Waals surface area contributed by atoms with Gasteiger partial charge in [0, 0.05) is 6.42 Å². The van der Waals surface area contributed by atoms with Crippen molar-refractivity contribution in [3.63, 3.8) is 0 Å². The minimum Gasteiger partial charge on any atom is -0.457 e. The maximum absolute atomic E-state index is 11.0. The Hall–Kier alpha value is 0.0800. The zero-order chi connectivity index (χ0) is 10.4. The third-order valence-corrected chi connectivity index (χ3v) is 2.40. The number of hydrogen-bond donors (Lipinski definition) is 0. The summed E-state index contributed by atoms with van der Waals surface area (Å²) in [5, 5.41) is 0.146. The number of carbonyl (C=O) groups is 1. The van der Waals surface area contributed by atoms with Crippen LogP contribution in [0.2, 0.25) is 0 Å². The number of hydrogen-bond acceptors (Lipinski definition) is 2. The van der Waals surface area contributed by atoms with Gasteiger partial charge in [-0.1, -0.05) is 41.7 Å². The Morgan fingerprint density at radius 3 is 2.31 bits per heavy atom. The van der Waals surface area contributed by atoms with E-state index in [1.807, 2.05) is 6.92 Å². The van der Waals surface area contributed by atoms with E-state index < -0.39 is 6.10 Å². The Labute approximate surface area is 92.8 Å². The molecule has 0 amide bonds. The third kappa shape index (κ3) is 5.40. The summed E-state index contributed by atoms with van der Waals surface area (Å²) in [5.41, 5.74) is 0. The van der Waals surface area contributed by atoms with Gasteiger partial charge in [0.15, 0.2) is 0 Å². The fourth-order valence-corrected chi connectivity index (χ4v) is 1.02. The lowest BCUT2D eigenvalue weighted by atomic mass is 10.3. The molecule has 0 saturated carbocycles. The van der Waals surface area contributed by atoms with Crippen molar-refractivity contribution in [3.8, 4) is 0 Å². The normalized spacial score (nSPS) is 12.1. The number of halogens is 3. The highest BCUT2D eigenvalue weighted by Crippen LogP contribution is 2.22. The van der Waals surface area contributed by atoms with Crippen molar-refractivity contribution in [1.29, 1.82) is 0 Å². The van der Waals surface area contributed by atoms with Gasteiger partial charge in [-0.25, -0.2) is 0 Å². The molecule has 0 aromatic carbocycles. The average Bonchev–Trinajstić information content (AvgIpc) is 2.03. The molecule has 0 aliphatic rings. The Morgan fingerprint density at radius 1 is 1.38 bits per heavy atom. The molecule has 0 saturated heterocycles. The molecular formula is C8H11Cl3O2. The van der Waals surface area contributed by atoms with E-state index in [2.05, 4.69) is 0 Å². The standard InChI is InChI=1S/C8H11Cl3O2/c1-3-4-6(12)13-5(2)7(9)8(10)11/h5H,3-4H2,1-2H3. The Kier molecular flexibility index (Phi) is 6.56. The first-order valence-electron chi connectivity index (χ1n) is 3.89. The van der Waals surface area contributed by atoms with Gasteiger partial charge in [-0.2, -0.15) is 0 Å². The van der Waals surface area contributed by atoms with Crippen LogP contribution in [0.3, 0.4) is 0 Å². The summed E-state index contributed by atoms with van der Waals surface area (Å²) in [6.07, 6.45) is 0.529. The second-order valence-electron chi connectivity index (χ2n) is 2.49. The molecule has 76 valence electrons. The summed E-state index contributed by atoms with van der Waals surface area (Å²) < 4.78 is 4.85. The van der Waals surface area contributed by atoms with Crippen LogP contribution < -0.4 is 0 Å². The molecule has 0 bridgehead atoms. The monoisotopic (exact) mass is 244 g/mol. The van der Waals surface area contributed by atoms with Gasteiger partial charge >= 0.3 is 5.97 Å². The zero-order valence-corrected chi connectivity index (χ0v) is 9.71. The van der Waals surface area contributed by atoms with Crippen LogP contribution in [0.5, 0.6) is 0 Å². The minimum absolute atomic E-state index is 0.0709. The lowest BCUT2D eigenvalue weighted by Gasteiger charge is -2.11. The zero-order valence-electron chi connectivity index (χ0n) is 7.44. The predicted octanol–water partition coefficient (Wildman–Crippen LogP) is 3.60. The fraction of sp³-hybridized carbons (Fsp3) is 0.625. The van der Waals surface area contributed by atoms with Crippen molar-refractivity contribution < 1.29 is 9.53 Å². The molecular weight excluding hydrogens is 234 g/mol. The molecule has 0 radical (unpaired) electrons.